The number of rotatable bonds is 6. The first-order valence-corrected chi connectivity index (χ1v) is 13.3. The SMILES string of the molecule is Cc1c(CC(=O)C2Cc3ccccc3C2)cc(F)cc1CN1CCN(C(=O)C2CCCC2)[C@@H](C)C1. The molecule has 0 radical (unpaired) electrons. The van der Waals surface area contributed by atoms with Crippen LogP contribution >= 0.6 is 0 Å². The van der Waals surface area contributed by atoms with Crippen molar-refractivity contribution in [2.75, 3.05) is 19.6 Å². The molecule has 5 heteroatoms. The second-order valence-corrected chi connectivity index (χ2v) is 11.0. The van der Waals surface area contributed by atoms with E-state index in [0.717, 1.165) is 62.0 Å². The molecule has 2 aromatic carbocycles. The lowest BCUT2D eigenvalue weighted by Gasteiger charge is -2.41. The van der Waals surface area contributed by atoms with Crippen molar-refractivity contribution < 1.29 is 14.0 Å². The van der Waals surface area contributed by atoms with Crippen LogP contribution in [0, 0.1) is 24.6 Å². The summed E-state index contributed by atoms with van der Waals surface area (Å²) in [7, 11) is 0. The van der Waals surface area contributed by atoms with E-state index in [2.05, 4.69) is 28.9 Å². The van der Waals surface area contributed by atoms with Gasteiger partial charge >= 0.3 is 0 Å². The Labute approximate surface area is 208 Å². The average molecular weight is 477 g/mol. The second kappa shape index (κ2) is 10.2. The van der Waals surface area contributed by atoms with Gasteiger partial charge in [-0.15, -0.1) is 0 Å². The molecule has 0 N–H and O–H groups in total. The van der Waals surface area contributed by atoms with E-state index in [-0.39, 0.29) is 35.9 Å². The van der Waals surface area contributed by atoms with Crippen molar-refractivity contribution in [3.63, 3.8) is 0 Å². The molecular formula is C30H37FN2O2. The van der Waals surface area contributed by atoms with Crippen LogP contribution in [0.2, 0.25) is 0 Å². The number of hydrogen-bond acceptors (Lipinski definition) is 3. The Balaban J connectivity index is 1.22. The number of Topliss-reactive ketones (excluding diaryl/α,β-unsaturated/α-hetero) is 1. The zero-order valence-electron chi connectivity index (χ0n) is 21.1. The number of fused-ring (bicyclic) bond motifs is 1. The predicted molar refractivity (Wildman–Crippen MR) is 136 cm³/mol. The number of carbonyl (C=O) groups excluding carboxylic acids is 2. The zero-order chi connectivity index (χ0) is 24.5. The summed E-state index contributed by atoms with van der Waals surface area (Å²) in [5.74, 6) is 0.457. The Kier molecular flexibility index (Phi) is 7.06. The Morgan fingerprint density at radius 3 is 2.29 bits per heavy atom. The first-order chi connectivity index (χ1) is 16.9. The molecule has 5 rings (SSSR count). The number of halogens is 1. The molecule has 35 heavy (non-hydrogen) atoms. The molecule has 1 saturated heterocycles. The Morgan fingerprint density at radius 2 is 1.63 bits per heavy atom. The fraction of sp³-hybridized carbons (Fsp3) is 0.533. The summed E-state index contributed by atoms with van der Waals surface area (Å²) in [4.78, 5) is 30.4. The molecule has 2 fully saturated rings. The molecule has 3 aliphatic rings. The minimum absolute atomic E-state index is 0.00940. The van der Waals surface area contributed by atoms with Crippen LogP contribution in [-0.4, -0.2) is 47.2 Å². The molecule has 1 saturated carbocycles. The maximum atomic E-state index is 14.6. The number of piperazine rings is 1. The van der Waals surface area contributed by atoms with E-state index >= 15 is 0 Å². The summed E-state index contributed by atoms with van der Waals surface area (Å²) in [5.41, 5.74) is 5.31. The van der Waals surface area contributed by atoms with Gasteiger partial charge in [0.25, 0.3) is 0 Å². The molecule has 4 nitrogen and oxygen atoms in total. The van der Waals surface area contributed by atoms with Crippen LogP contribution < -0.4 is 0 Å². The van der Waals surface area contributed by atoms with E-state index in [9.17, 15) is 14.0 Å². The van der Waals surface area contributed by atoms with Gasteiger partial charge in [-0.3, -0.25) is 14.5 Å². The zero-order valence-corrected chi connectivity index (χ0v) is 21.1. The lowest BCUT2D eigenvalue weighted by Crippen LogP contribution is -2.54. The highest BCUT2D eigenvalue weighted by molar-refractivity contribution is 5.85. The van der Waals surface area contributed by atoms with Crippen LogP contribution in [0.25, 0.3) is 0 Å². The first kappa shape index (κ1) is 24.2. The van der Waals surface area contributed by atoms with E-state index < -0.39 is 0 Å². The number of ketones is 1. The summed E-state index contributed by atoms with van der Waals surface area (Å²) in [6.07, 6.45) is 6.26. The van der Waals surface area contributed by atoms with Crippen molar-refractivity contribution in [1.29, 1.82) is 0 Å². The molecule has 1 atom stereocenters. The summed E-state index contributed by atoms with van der Waals surface area (Å²) < 4.78 is 14.6. The third-order valence-corrected chi connectivity index (χ3v) is 8.55. The fourth-order valence-electron chi connectivity index (χ4n) is 6.42. The van der Waals surface area contributed by atoms with Gasteiger partial charge in [0.1, 0.15) is 11.6 Å². The maximum absolute atomic E-state index is 14.6. The summed E-state index contributed by atoms with van der Waals surface area (Å²) >= 11 is 0. The molecule has 0 aromatic heterocycles. The van der Waals surface area contributed by atoms with Crippen molar-refractivity contribution in [3.05, 3.63) is 70.0 Å². The number of carbonyl (C=O) groups is 2. The van der Waals surface area contributed by atoms with E-state index in [1.54, 1.807) is 12.1 Å². The number of amides is 1. The van der Waals surface area contributed by atoms with Crippen LogP contribution in [0.3, 0.4) is 0 Å². The fourth-order valence-corrected chi connectivity index (χ4v) is 6.42. The van der Waals surface area contributed by atoms with E-state index in [0.29, 0.717) is 12.5 Å². The molecule has 0 unspecified atom stereocenters. The molecule has 1 aliphatic heterocycles. The number of hydrogen-bond donors (Lipinski definition) is 0. The standard InChI is InChI=1S/C30H37FN2O2/c1-20-18-32(11-12-33(20)30(35)22-7-3-4-8-22)19-27-16-28(31)15-25(21(27)2)17-29(34)26-13-23-9-5-6-10-24(23)14-26/h5-6,9-10,15-16,20,22,26H,3-4,7-8,11-14,17-19H2,1-2H3/t20-/m0/s1. The van der Waals surface area contributed by atoms with Gasteiger partial charge in [-0.1, -0.05) is 37.1 Å². The minimum atomic E-state index is -0.272. The Bertz CT molecular complexity index is 1080. The highest BCUT2D eigenvalue weighted by Crippen LogP contribution is 2.30. The Morgan fingerprint density at radius 1 is 0.971 bits per heavy atom. The van der Waals surface area contributed by atoms with Gasteiger partial charge in [-0.05, 0) is 79.5 Å². The van der Waals surface area contributed by atoms with Gasteiger partial charge in [0.2, 0.25) is 5.91 Å². The lowest BCUT2D eigenvalue weighted by molar-refractivity contribution is -0.140. The molecule has 0 spiro atoms. The van der Waals surface area contributed by atoms with Gasteiger partial charge in [-0.2, -0.15) is 0 Å². The topological polar surface area (TPSA) is 40.6 Å². The van der Waals surface area contributed by atoms with E-state index in [4.69, 9.17) is 0 Å². The molecule has 1 heterocycles. The van der Waals surface area contributed by atoms with Crippen molar-refractivity contribution in [2.45, 2.75) is 71.4 Å². The van der Waals surface area contributed by atoms with Gasteiger partial charge in [0, 0.05) is 50.5 Å². The van der Waals surface area contributed by atoms with Crippen LogP contribution in [0.4, 0.5) is 4.39 Å². The predicted octanol–water partition coefficient (Wildman–Crippen LogP) is 4.88. The summed E-state index contributed by atoms with van der Waals surface area (Å²) in [6.45, 7) is 7.12. The average Bonchev–Trinajstić information content (AvgIpc) is 3.52. The van der Waals surface area contributed by atoms with Crippen molar-refractivity contribution in [3.8, 4) is 0 Å². The monoisotopic (exact) mass is 476 g/mol. The van der Waals surface area contributed by atoms with Crippen LogP contribution in [0.15, 0.2) is 36.4 Å². The maximum Gasteiger partial charge on any atom is 0.226 e. The van der Waals surface area contributed by atoms with Gasteiger partial charge in [0.05, 0.1) is 0 Å². The van der Waals surface area contributed by atoms with Crippen molar-refractivity contribution in [1.82, 2.24) is 9.80 Å². The smallest absolute Gasteiger partial charge is 0.226 e. The minimum Gasteiger partial charge on any atom is -0.337 e. The molecular weight excluding hydrogens is 439 g/mol. The molecule has 1 amide bonds. The van der Waals surface area contributed by atoms with Crippen molar-refractivity contribution in [2.24, 2.45) is 11.8 Å². The summed E-state index contributed by atoms with van der Waals surface area (Å²) in [5, 5.41) is 0. The summed E-state index contributed by atoms with van der Waals surface area (Å²) in [6, 6.07) is 11.6. The highest BCUT2D eigenvalue weighted by atomic mass is 19.1. The molecule has 2 aromatic rings. The third-order valence-electron chi connectivity index (χ3n) is 8.55. The van der Waals surface area contributed by atoms with E-state index in [1.807, 2.05) is 19.1 Å². The largest absolute Gasteiger partial charge is 0.337 e. The quantitative estimate of drug-likeness (QED) is 0.597. The molecule has 0 bridgehead atoms. The lowest BCUT2D eigenvalue weighted by atomic mass is 9.91. The van der Waals surface area contributed by atoms with Crippen LogP contribution in [0.5, 0.6) is 0 Å². The second-order valence-electron chi connectivity index (χ2n) is 11.0. The molecule has 2 aliphatic carbocycles. The van der Waals surface area contributed by atoms with Crippen molar-refractivity contribution >= 4 is 11.7 Å². The number of nitrogens with zero attached hydrogens (tertiary/aromatic N) is 2. The van der Waals surface area contributed by atoms with Crippen LogP contribution in [-0.2, 0) is 35.4 Å². The number of benzene rings is 2. The first-order valence-electron chi connectivity index (χ1n) is 13.3. The van der Waals surface area contributed by atoms with Gasteiger partial charge in [0.15, 0.2) is 0 Å². The Hall–Kier alpha value is -2.53. The highest BCUT2D eigenvalue weighted by Gasteiger charge is 2.33. The van der Waals surface area contributed by atoms with Gasteiger partial charge < -0.3 is 4.90 Å². The van der Waals surface area contributed by atoms with Crippen LogP contribution in [0.1, 0.15) is 60.4 Å². The normalized spacial score (nSPS) is 21.5. The third kappa shape index (κ3) is 5.20. The van der Waals surface area contributed by atoms with E-state index in [1.165, 1.54) is 24.0 Å². The molecule has 186 valence electrons. The van der Waals surface area contributed by atoms with Gasteiger partial charge in [-0.25, -0.2) is 4.39 Å².